The Kier molecular flexibility index (Phi) is 4.50. The number of carbonyl (C=O) groups is 1. The molecule has 7 heteroatoms. The van der Waals surface area contributed by atoms with Gasteiger partial charge in [-0.05, 0) is 35.0 Å². The minimum absolute atomic E-state index is 0.00468. The topological polar surface area (TPSA) is 26.3 Å². The molecule has 0 heterocycles. The highest BCUT2D eigenvalue weighted by atomic mass is 79.9. The number of rotatable bonds is 4. The fraction of sp³-hybridized carbons (Fsp3) is 0.300. The molecule has 94 valence electrons. The van der Waals surface area contributed by atoms with Gasteiger partial charge in [0.1, 0.15) is 5.75 Å². The SMILES string of the molecule is CC(=O)c1ccc(C(F)F)c(OC(F)F)c1Br. The van der Waals surface area contributed by atoms with Crippen molar-refractivity contribution < 1.29 is 27.1 Å². The molecule has 0 aliphatic heterocycles. The molecule has 2 nitrogen and oxygen atoms in total. The number of ketones is 1. The van der Waals surface area contributed by atoms with Crippen LogP contribution in [0, 0.1) is 0 Å². The Morgan fingerprint density at radius 3 is 2.29 bits per heavy atom. The molecule has 0 radical (unpaired) electrons. The summed E-state index contributed by atoms with van der Waals surface area (Å²) in [5.41, 5.74) is -0.688. The summed E-state index contributed by atoms with van der Waals surface area (Å²) >= 11 is 2.82. The average molecular weight is 315 g/mol. The van der Waals surface area contributed by atoms with Gasteiger partial charge in [-0.3, -0.25) is 4.79 Å². The standard InChI is InChI=1S/C10H7BrF4O2/c1-4(16)5-2-3-6(9(12)13)8(7(5)11)17-10(14)15/h2-3,9-10H,1H3. The summed E-state index contributed by atoms with van der Waals surface area (Å²) in [4.78, 5) is 11.1. The molecule has 0 saturated carbocycles. The van der Waals surface area contributed by atoms with Gasteiger partial charge in [0.15, 0.2) is 5.78 Å². The van der Waals surface area contributed by atoms with Gasteiger partial charge in [0.25, 0.3) is 6.43 Å². The fourth-order valence-corrected chi connectivity index (χ4v) is 1.96. The van der Waals surface area contributed by atoms with Crippen molar-refractivity contribution in [2.75, 3.05) is 0 Å². The first kappa shape index (κ1) is 14.0. The molecule has 0 saturated heterocycles. The minimum atomic E-state index is -3.24. The lowest BCUT2D eigenvalue weighted by Gasteiger charge is -2.14. The van der Waals surface area contributed by atoms with Crippen LogP contribution < -0.4 is 4.74 Å². The molecule has 1 aromatic rings. The Morgan fingerprint density at radius 2 is 1.88 bits per heavy atom. The molecular formula is C10H7BrF4O2. The molecule has 0 fully saturated rings. The first-order valence-corrected chi connectivity index (χ1v) is 5.20. The molecule has 0 aliphatic rings. The van der Waals surface area contributed by atoms with Gasteiger partial charge in [0.2, 0.25) is 0 Å². The number of Topliss-reactive ketones (excluding diaryl/α,β-unsaturated/α-hetero) is 1. The summed E-state index contributed by atoms with van der Waals surface area (Å²) in [6.45, 7) is -2.06. The molecule has 0 aromatic heterocycles. The summed E-state index contributed by atoms with van der Waals surface area (Å²) in [5.74, 6) is -1.15. The number of alkyl halides is 4. The van der Waals surface area contributed by atoms with Crippen molar-refractivity contribution in [1.82, 2.24) is 0 Å². The second kappa shape index (κ2) is 5.48. The van der Waals surface area contributed by atoms with E-state index in [1.807, 2.05) is 0 Å². The van der Waals surface area contributed by atoms with Crippen molar-refractivity contribution in [3.8, 4) is 5.75 Å². The smallest absolute Gasteiger partial charge is 0.387 e. The second-order valence-corrected chi connectivity index (χ2v) is 3.87. The van der Waals surface area contributed by atoms with Crippen LogP contribution in [-0.4, -0.2) is 12.4 Å². The lowest BCUT2D eigenvalue weighted by atomic mass is 10.1. The molecule has 1 rings (SSSR count). The van der Waals surface area contributed by atoms with Gasteiger partial charge in [-0.2, -0.15) is 8.78 Å². The maximum atomic E-state index is 12.6. The Balaban J connectivity index is 3.36. The number of carbonyl (C=O) groups excluding carboxylic acids is 1. The molecule has 0 amide bonds. The van der Waals surface area contributed by atoms with Gasteiger partial charge in [0.05, 0.1) is 10.0 Å². The Hall–Kier alpha value is -1.11. The number of ether oxygens (including phenoxy) is 1. The van der Waals surface area contributed by atoms with Crippen LogP contribution in [0.25, 0.3) is 0 Å². The summed E-state index contributed by atoms with van der Waals surface area (Å²) in [6.07, 6.45) is -2.97. The fourth-order valence-electron chi connectivity index (χ4n) is 1.22. The van der Waals surface area contributed by atoms with Crippen LogP contribution in [0.15, 0.2) is 16.6 Å². The van der Waals surface area contributed by atoms with Gasteiger partial charge < -0.3 is 4.74 Å². The van der Waals surface area contributed by atoms with E-state index >= 15 is 0 Å². The summed E-state index contributed by atoms with van der Waals surface area (Å²) in [5, 5.41) is 0. The van der Waals surface area contributed by atoms with Crippen LogP contribution in [0.2, 0.25) is 0 Å². The van der Waals surface area contributed by atoms with Crippen molar-refractivity contribution >= 4 is 21.7 Å². The van der Waals surface area contributed by atoms with E-state index in [1.165, 1.54) is 6.92 Å². The molecule has 0 atom stereocenters. The molecule has 0 spiro atoms. The molecule has 17 heavy (non-hydrogen) atoms. The predicted molar refractivity (Wildman–Crippen MR) is 55.7 cm³/mol. The second-order valence-electron chi connectivity index (χ2n) is 3.08. The van der Waals surface area contributed by atoms with Crippen molar-refractivity contribution in [3.05, 3.63) is 27.7 Å². The first-order chi connectivity index (χ1) is 7.84. The normalized spacial score (nSPS) is 11.1. The Morgan fingerprint density at radius 1 is 1.29 bits per heavy atom. The number of benzene rings is 1. The highest BCUT2D eigenvalue weighted by Gasteiger charge is 2.23. The van der Waals surface area contributed by atoms with E-state index in [9.17, 15) is 22.4 Å². The van der Waals surface area contributed by atoms with Crippen LogP contribution in [0.5, 0.6) is 5.75 Å². The summed E-state index contributed by atoms with van der Waals surface area (Å²) in [7, 11) is 0. The molecule has 0 unspecified atom stereocenters. The van der Waals surface area contributed by atoms with Gasteiger partial charge in [-0.1, -0.05) is 0 Å². The van der Waals surface area contributed by atoms with Gasteiger partial charge in [-0.15, -0.1) is 0 Å². The Labute approximate surface area is 103 Å². The van der Waals surface area contributed by atoms with E-state index in [4.69, 9.17) is 0 Å². The third kappa shape index (κ3) is 3.18. The van der Waals surface area contributed by atoms with Crippen LogP contribution in [-0.2, 0) is 0 Å². The number of hydrogen-bond donors (Lipinski definition) is 0. The quantitative estimate of drug-likeness (QED) is 0.615. The van der Waals surface area contributed by atoms with Gasteiger partial charge in [0, 0.05) is 5.56 Å². The minimum Gasteiger partial charge on any atom is -0.433 e. The van der Waals surface area contributed by atoms with Crippen LogP contribution in [0.4, 0.5) is 17.6 Å². The van der Waals surface area contributed by atoms with E-state index < -0.39 is 30.1 Å². The first-order valence-electron chi connectivity index (χ1n) is 4.41. The zero-order chi connectivity index (χ0) is 13.2. The summed E-state index contributed by atoms with van der Waals surface area (Å²) < 4.78 is 53.2. The van der Waals surface area contributed by atoms with E-state index in [1.54, 1.807) is 0 Å². The van der Waals surface area contributed by atoms with E-state index in [-0.39, 0.29) is 10.0 Å². The lowest BCUT2D eigenvalue weighted by Crippen LogP contribution is -2.07. The van der Waals surface area contributed by atoms with Crippen molar-refractivity contribution in [3.63, 3.8) is 0 Å². The predicted octanol–water partition coefficient (Wildman–Crippen LogP) is 4.19. The van der Waals surface area contributed by atoms with E-state index in [2.05, 4.69) is 20.7 Å². The number of halogens is 5. The third-order valence-corrected chi connectivity index (χ3v) is 2.74. The molecular weight excluding hydrogens is 308 g/mol. The molecule has 0 N–H and O–H groups in total. The maximum absolute atomic E-state index is 12.6. The highest BCUT2D eigenvalue weighted by Crippen LogP contribution is 2.38. The molecule has 0 bridgehead atoms. The van der Waals surface area contributed by atoms with Gasteiger partial charge >= 0.3 is 6.61 Å². The Bertz CT molecular complexity index is 435. The van der Waals surface area contributed by atoms with Crippen molar-refractivity contribution in [2.45, 2.75) is 20.0 Å². The van der Waals surface area contributed by atoms with Gasteiger partial charge in [-0.25, -0.2) is 8.78 Å². The van der Waals surface area contributed by atoms with E-state index in [0.717, 1.165) is 12.1 Å². The molecule has 0 aliphatic carbocycles. The van der Waals surface area contributed by atoms with E-state index in [0.29, 0.717) is 0 Å². The largest absolute Gasteiger partial charge is 0.433 e. The monoisotopic (exact) mass is 314 g/mol. The zero-order valence-corrected chi connectivity index (χ0v) is 10.1. The average Bonchev–Trinajstić information content (AvgIpc) is 2.19. The lowest BCUT2D eigenvalue weighted by molar-refractivity contribution is -0.0525. The van der Waals surface area contributed by atoms with Crippen LogP contribution in [0.1, 0.15) is 29.3 Å². The third-order valence-electron chi connectivity index (χ3n) is 1.95. The highest BCUT2D eigenvalue weighted by molar-refractivity contribution is 9.10. The number of hydrogen-bond acceptors (Lipinski definition) is 2. The summed E-state index contributed by atoms with van der Waals surface area (Å²) in [6, 6.07) is 2.02. The molecule has 1 aromatic carbocycles. The van der Waals surface area contributed by atoms with Crippen LogP contribution in [0.3, 0.4) is 0 Å². The van der Waals surface area contributed by atoms with Crippen molar-refractivity contribution in [2.24, 2.45) is 0 Å². The van der Waals surface area contributed by atoms with Crippen molar-refractivity contribution in [1.29, 1.82) is 0 Å². The zero-order valence-electron chi connectivity index (χ0n) is 8.52. The van der Waals surface area contributed by atoms with Crippen LogP contribution >= 0.6 is 15.9 Å². The maximum Gasteiger partial charge on any atom is 0.387 e.